The maximum Gasteiger partial charge on any atom is 0.128 e. The van der Waals surface area contributed by atoms with Gasteiger partial charge in [-0.3, -0.25) is 0 Å². The van der Waals surface area contributed by atoms with Crippen LogP contribution in [0.5, 0.6) is 5.75 Å². The highest BCUT2D eigenvalue weighted by Gasteiger charge is 2.06. The molecule has 0 radical (unpaired) electrons. The molecule has 2 aromatic carbocycles. The number of methoxy groups -OCH3 is 1. The Bertz CT molecular complexity index is 496. The molecule has 0 fully saturated rings. The van der Waals surface area contributed by atoms with Crippen LogP contribution >= 0.6 is 15.9 Å². The molecule has 0 aliphatic rings. The van der Waals surface area contributed by atoms with Gasteiger partial charge in [0, 0.05) is 16.4 Å². The van der Waals surface area contributed by atoms with Crippen LogP contribution in [-0.4, -0.2) is 7.11 Å². The fraction of sp³-hybridized carbons (Fsp3) is 0.167. The standard InChI is InChI=1S/C12H12BrNO/c1-15-11-6-8(7-14)5-9-3-2-4-10(13)12(9)11/h2-6H,7,14H2,1H3. The van der Waals surface area contributed by atoms with Gasteiger partial charge >= 0.3 is 0 Å². The van der Waals surface area contributed by atoms with Gasteiger partial charge in [-0.15, -0.1) is 0 Å². The Morgan fingerprint density at radius 2 is 2.13 bits per heavy atom. The van der Waals surface area contributed by atoms with Gasteiger partial charge in [0.05, 0.1) is 7.11 Å². The molecule has 2 rings (SSSR count). The summed E-state index contributed by atoms with van der Waals surface area (Å²) in [7, 11) is 1.68. The maximum absolute atomic E-state index is 5.64. The quantitative estimate of drug-likeness (QED) is 0.906. The van der Waals surface area contributed by atoms with Crippen LogP contribution in [0.15, 0.2) is 34.8 Å². The lowest BCUT2D eigenvalue weighted by atomic mass is 10.1. The zero-order valence-corrected chi connectivity index (χ0v) is 10.0. The van der Waals surface area contributed by atoms with Gasteiger partial charge in [-0.2, -0.15) is 0 Å². The number of hydrogen-bond donors (Lipinski definition) is 1. The summed E-state index contributed by atoms with van der Waals surface area (Å²) in [5.41, 5.74) is 6.72. The molecule has 78 valence electrons. The molecule has 0 saturated heterocycles. The van der Waals surface area contributed by atoms with E-state index >= 15 is 0 Å². The SMILES string of the molecule is COc1cc(CN)cc2cccc(Br)c12. The van der Waals surface area contributed by atoms with Gasteiger partial charge in [0.2, 0.25) is 0 Å². The highest BCUT2D eigenvalue weighted by molar-refractivity contribution is 9.10. The highest BCUT2D eigenvalue weighted by atomic mass is 79.9. The number of rotatable bonds is 2. The number of ether oxygens (including phenoxy) is 1. The van der Waals surface area contributed by atoms with Gasteiger partial charge in [0.25, 0.3) is 0 Å². The van der Waals surface area contributed by atoms with Crippen LogP contribution in [0.4, 0.5) is 0 Å². The first kappa shape index (κ1) is 10.5. The molecular formula is C12H12BrNO. The van der Waals surface area contributed by atoms with E-state index in [4.69, 9.17) is 10.5 Å². The molecule has 0 bridgehead atoms. The topological polar surface area (TPSA) is 35.2 Å². The lowest BCUT2D eigenvalue weighted by molar-refractivity contribution is 0.419. The monoisotopic (exact) mass is 265 g/mol. The van der Waals surface area contributed by atoms with Crippen molar-refractivity contribution in [3.05, 3.63) is 40.4 Å². The van der Waals surface area contributed by atoms with Crippen molar-refractivity contribution in [2.45, 2.75) is 6.54 Å². The third-order valence-corrected chi connectivity index (χ3v) is 3.07. The van der Waals surface area contributed by atoms with E-state index in [1.165, 1.54) is 0 Å². The summed E-state index contributed by atoms with van der Waals surface area (Å²) in [6.07, 6.45) is 0. The molecule has 0 unspecified atom stereocenters. The smallest absolute Gasteiger partial charge is 0.128 e. The predicted molar refractivity (Wildman–Crippen MR) is 66.1 cm³/mol. The number of hydrogen-bond acceptors (Lipinski definition) is 2. The number of halogens is 1. The molecule has 0 saturated carbocycles. The van der Waals surface area contributed by atoms with Gasteiger partial charge in [0.1, 0.15) is 5.75 Å². The van der Waals surface area contributed by atoms with E-state index in [1.54, 1.807) is 7.11 Å². The first-order valence-electron chi connectivity index (χ1n) is 4.71. The highest BCUT2D eigenvalue weighted by Crippen LogP contribution is 2.33. The molecule has 2 nitrogen and oxygen atoms in total. The van der Waals surface area contributed by atoms with E-state index in [0.717, 1.165) is 26.6 Å². The molecule has 3 heteroatoms. The van der Waals surface area contributed by atoms with Crippen LogP contribution in [0.2, 0.25) is 0 Å². The van der Waals surface area contributed by atoms with E-state index < -0.39 is 0 Å². The second-order valence-corrected chi connectivity index (χ2v) is 4.19. The fourth-order valence-electron chi connectivity index (χ4n) is 1.68. The summed E-state index contributed by atoms with van der Waals surface area (Å²) in [6.45, 7) is 0.527. The molecule has 0 heterocycles. The molecule has 2 N–H and O–H groups in total. The average molecular weight is 266 g/mol. The predicted octanol–water partition coefficient (Wildman–Crippen LogP) is 3.07. The van der Waals surface area contributed by atoms with Crippen molar-refractivity contribution in [2.24, 2.45) is 5.73 Å². The molecular weight excluding hydrogens is 254 g/mol. The summed E-state index contributed by atoms with van der Waals surface area (Å²) in [4.78, 5) is 0. The van der Waals surface area contributed by atoms with Crippen molar-refractivity contribution in [3.63, 3.8) is 0 Å². The first-order valence-corrected chi connectivity index (χ1v) is 5.50. The summed E-state index contributed by atoms with van der Waals surface area (Å²) in [5.74, 6) is 0.862. The maximum atomic E-state index is 5.64. The van der Waals surface area contributed by atoms with Crippen LogP contribution in [0.3, 0.4) is 0 Å². The van der Waals surface area contributed by atoms with Gasteiger partial charge < -0.3 is 10.5 Å². The van der Waals surface area contributed by atoms with Crippen molar-refractivity contribution in [2.75, 3.05) is 7.11 Å². The van der Waals surface area contributed by atoms with Crippen molar-refractivity contribution in [1.82, 2.24) is 0 Å². The van der Waals surface area contributed by atoms with Crippen LogP contribution in [-0.2, 0) is 6.54 Å². The van der Waals surface area contributed by atoms with E-state index in [2.05, 4.69) is 28.1 Å². The minimum Gasteiger partial charge on any atom is -0.496 e. The molecule has 0 amide bonds. The summed E-state index contributed by atoms with van der Waals surface area (Å²) in [5, 5.41) is 2.24. The van der Waals surface area contributed by atoms with Gasteiger partial charge in [-0.05, 0) is 29.1 Å². The summed E-state index contributed by atoms with van der Waals surface area (Å²) >= 11 is 3.52. The summed E-state index contributed by atoms with van der Waals surface area (Å²) < 4.78 is 6.41. The van der Waals surface area contributed by atoms with Crippen molar-refractivity contribution in [3.8, 4) is 5.75 Å². The Labute approximate surface area is 97.2 Å². The number of benzene rings is 2. The lowest BCUT2D eigenvalue weighted by Crippen LogP contribution is -1.97. The lowest BCUT2D eigenvalue weighted by Gasteiger charge is -2.09. The van der Waals surface area contributed by atoms with Gasteiger partial charge in [0.15, 0.2) is 0 Å². The third kappa shape index (κ3) is 1.85. The fourth-order valence-corrected chi connectivity index (χ4v) is 2.26. The molecule has 0 aliphatic heterocycles. The molecule has 0 atom stereocenters. The van der Waals surface area contributed by atoms with Crippen molar-refractivity contribution < 1.29 is 4.74 Å². The Morgan fingerprint density at radius 3 is 2.80 bits per heavy atom. The molecule has 0 aromatic heterocycles. The summed E-state index contributed by atoms with van der Waals surface area (Å²) in [6, 6.07) is 10.1. The van der Waals surface area contributed by atoms with Crippen molar-refractivity contribution in [1.29, 1.82) is 0 Å². The van der Waals surface area contributed by atoms with Crippen LogP contribution in [0.25, 0.3) is 10.8 Å². The number of nitrogens with two attached hydrogens (primary N) is 1. The van der Waals surface area contributed by atoms with Gasteiger partial charge in [-0.25, -0.2) is 0 Å². The molecule has 0 spiro atoms. The van der Waals surface area contributed by atoms with Crippen LogP contribution in [0, 0.1) is 0 Å². The second-order valence-electron chi connectivity index (χ2n) is 3.34. The van der Waals surface area contributed by atoms with E-state index in [9.17, 15) is 0 Å². The Kier molecular flexibility index (Phi) is 2.93. The largest absolute Gasteiger partial charge is 0.496 e. The number of fused-ring (bicyclic) bond motifs is 1. The Morgan fingerprint density at radius 1 is 1.33 bits per heavy atom. The molecule has 0 aliphatic carbocycles. The normalized spacial score (nSPS) is 10.6. The average Bonchev–Trinajstić information content (AvgIpc) is 2.27. The van der Waals surface area contributed by atoms with Crippen molar-refractivity contribution >= 4 is 26.7 Å². The zero-order valence-electron chi connectivity index (χ0n) is 8.46. The Balaban J connectivity index is 2.81. The first-order chi connectivity index (χ1) is 7.26. The van der Waals surface area contributed by atoms with Gasteiger partial charge in [-0.1, -0.05) is 28.1 Å². The Hall–Kier alpha value is -1.06. The molecule has 2 aromatic rings. The zero-order chi connectivity index (χ0) is 10.8. The van der Waals surface area contributed by atoms with E-state index in [-0.39, 0.29) is 0 Å². The minimum absolute atomic E-state index is 0.527. The van der Waals surface area contributed by atoms with E-state index in [1.807, 2.05) is 18.2 Å². The molecule has 15 heavy (non-hydrogen) atoms. The van der Waals surface area contributed by atoms with Crippen LogP contribution in [0.1, 0.15) is 5.56 Å². The van der Waals surface area contributed by atoms with E-state index in [0.29, 0.717) is 6.54 Å². The second kappa shape index (κ2) is 4.21. The minimum atomic E-state index is 0.527. The van der Waals surface area contributed by atoms with Crippen LogP contribution < -0.4 is 10.5 Å². The third-order valence-electron chi connectivity index (χ3n) is 2.41.